The molecule has 1 fully saturated rings. The highest BCUT2D eigenvalue weighted by atomic mass is 32.2. The van der Waals surface area contributed by atoms with Gasteiger partial charge in [0, 0.05) is 43.4 Å². The van der Waals surface area contributed by atoms with Crippen LogP contribution < -0.4 is 10.6 Å². The summed E-state index contributed by atoms with van der Waals surface area (Å²) in [5.41, 5.74) is 0.147. The highest BCUT2D eigenvalue weighted by Crippen LogP contribution is 2.19. The lowest BCUT2D eigenvalue weighted by atomic mass is 10.1. The molecule has 0 saturated carbocycles. The van der Waals surface area contributed by atoms with Crippen molar-refractivity contribution in [1.29, 1.82) is 0 Å². The number of likely N-dealkylation sites (tertiary alicyclic amines) is 1. The van der Waals surface area contributed by atoms with Crippen LogP contribution in [0.5, 0.6) is 0 Å². The van der Waals surface area contributed by atoms with Crippen LogP contribution in [0.15, 0.2) is 57.8 Å². The highest BCUT2D eigenvalue weighted by Gasteiger charge is 2.21. The summed E-state index contributed by atoms with van der Waals surface area (Å²) in [6, 6.07) is 9.75. The third kappa shape index (κ3) is 5.92. The molecule has 12 heteroatoms. The van der Waals surface area contributed by atoms with E-state index in [1.165, 1.54) is 49.4 Å². The monoisotopic (exact) mass is 473 g/mol. The van der Waals surface area contributed by atoms with Crippen LogP contribution in [0.2, 0.25) is 0 Å². The Morgan fingerprint density at radius 3 is 2.48 bits per heavy atom. The number of nitro benzene ring substituents is 1. The molecule has 0 aliphatic carbocycles. The normalized spacial score (nSPS) is 15.8. The fourth-order valence-electron chi connectivity index (χ4n) is 3.17. The number of amidine groups is 1. The molecule has 0 aromatic heterocycles. The molecule has 33 heavy (non-hydrogen) atoms. The highest BCUT2D eigenvalue weighted by molar-refractivity contribution is 7.90. The Hall–Kier alpha value is -3.80. The summed E-state index contributed by atoms with van der Waals surface area (Å²) in [7, 11) is -2.08. The Labute approximate surface area is 190 Å². The summed E-state index contributed by atoms with van der Waals surface area (Å²) in [6.07, 6.45) is 1.45. The molecule has 1 heterocycles. The van der Waals surface area contributed by atoms with Gasteiger partial charge in [-0.2, -0.15) is 8.42 Å². The fourth-order valence-corrected chi connectivity index (χ4v) is 4.26. The number of amides is 2. The van der Waals surface area contributed by atoms with Gasteiger partial charge in [0.25, 0.3) is 21.6 Å². The van der Waals surface area contributed by atoms with E-state index in [4.69, 9.17) is 0 Å². The van der Waals surface area contributed by atoms with Gasteiger partial charge >= 0.3 is 0 Å². The first-order valence-corrected chi connectivity index (χ1v) is 11.5. The van der Waals surface area contributed by atoms with Gasteiger partial charge in [-0.25, -0.2) is 0 Å². The molecule has 1 unspecified atom stereocenters. The predicted octanol–water partition coefficient (Wildman–Crippen LogP) is 2.16. The average molecular weight is 474 g/mol. The molecule has 2 N–H and O–H groups in total. The first-order chi connectivity index (χ1) is 15.6. The molecular weight excluding hydrogens is 450 g/mol. The summed E-state index contributed by atoms with van der Waals surface area (Å²) >= 11 is 0. The van der Waals surface area contributed by atoms with Gasteiger partial charge in [0.2, 0.25) is 5.91 Å². The number of anilines is 1. The van der Waals surface area contributed by atoms with Crippen molar-refractivity contribution in [3.05, 3.63) is 64.2 Å². The third-order valence-electron chi connectivity index (χ3n) is 5.04. The van der Waals surface area contributed by atoms with Crippen LogP contribution >= 0.6 is 0 Å². The first-order valence-electron chi connectivity index (χ1n) is 10.1. The van der Waals surface area contributed by atoms with E-state index in [1.807, 2.05) is 0 Å². The van der Waals surface area contributed by atoms with Crippen LogP contribution in [-0.2, 0) is 14.8 Å². The largest absolute Gasteiger partial charge is 0.362 e. The smallest absolute Gasteiger partial charge is 0.283 e. The van der Waals surface area contributed by atoms with Crippen molar-refractivity contribution in [3.63, 3.8) is 0 Å². The van der Waals surface area contributed by atoms with E-state index in [0.29, 0.717) is 17.9 Å². The van der Waals surface area contributed by atoms with Crippen molar-refractivity contribution in [3.8, 4) is 0 Å². The number of hydrogen-bond acceptors (Lipinski definition) is 6. The zero-order valence-corrected chi connectivity index (χ0v) is 18.8. The Morgan fingerprint density at radius 2 is 1.88 bits per heavy atom. The number of non-ortho nitro benzene ring substituents is 1. The zero-order chi connectivity index (χ0) is 24.2. The number of benzene rings is 2. The molecule has 2 aromatic carbocycles. The van der Waals surface area contributed by atoms with Crippen molar-refractivity contribution >= 4 is 39.0 Å². The summed E-state index contributed by atoms with van der Waals surface area (Å²) in [5.74, 6) is -0.670. The molecule has 2 aromatic rings. The number of sulfonamides is 1. The van der Waals surface area contributed by atoms with Crippen LogP contribution in [0.1, 0.15) is 30.1 Å². The van der Waals surface area contributed by atoms with Crippen LogP contribution in [0.3, 0.4) is 0 Å². The number of carbonyl (C=O) groups is 2. The van der Waals surface area contributed by atoms with E-state index in [1.54, 1.807) is 11.9 Å². The number of rotatable bonds is 7. The Bertz CT molecular complexity index is 1210. The molecule has 0 bridgehead atoms. The number of nitrogens with one attached hydrogen (secondary N) is 2. The van der Waals surface area contributed by atoms with E-state index < -0.39 is 32.8 Å². The van der Waals surface area contributed by atoms with Gasteiger partial charge in [-0.05, 0) is 43.7 Å². The molecule has 1 atom stereocenters. The summed E-state index contributed by atoms with van der Waals surface area (Å²) < 4.78 is 28.9. The SMILES string of the molecule is CC(NC(=O)c1cccc([N+](=O)[O-])c1)C(=O)Nc1ccc(S(=O)(=O)/N=C2/CCCN2C)cc1. The average Bonchev–Trinajstić information content (AvgIpc) is 3.17. The molecule has 0 spiro atoms. The Morgan fingerprint density at radius 1 is 1.18 bits per heavy atom. The molecule has 1 aliphatic heterocycles. The summed E-state index contributed by atoms with van der Waals surface area (Å²) in [6.45, 7) is 2.22. The number of nitrogens with zero attached hydrogens (tertiary/aromatic N) is 3. The molecule has 0 radical (unpaired) electrons. The second-order valence-corrected chi connectivity index (χ2v) is 9.13. The van der Waals surface area contributed by atoms with E-state index >= 15 is 0 Å². The maximum atomic E-state index is 12.5. The minimum absolute atomic E-state index is 0.000298. The maximum Gasteiger partial charge on any atom is 0.283 e. The molecule has 3 rings (SSSR count). The zero-order valence-electron chi connectivity index (χ0n) is 18.0. The Kier molecular flexibility index (Phi) is 7.07. The number of carbonyl (C=O) groups excluding carboxylic acids is 2. The molecule has 1 saturated heterocycles. The minimum Gasteiger partial charge on any atom is -0.362 e. The van der Waals surface area contributed by atoms with Crippen molar-refractivity contribution in [2.24, 2.45) is 4.40 Å². The molecule has 11 nitrogen and oxygen atoms in total. The van der Waals surface area contributed by atoms with Crippen LogP contribution in [-0.4, -0.2) is 55.5 Å². The van der Waals surface area contributed by atoms with Gasteiger partial charge in [-0.15, -0.1) is 4.40 Å². The van der Waals surface area contributed by atoms with E-state index in [-0.39, 0.29) is 16.1 Å². The van der Waals surface area contributed by atoms with Gasteiger partial charge in [-0.1, -0.05) is 6.07 Å². The van der Waals surface area contributed by atoms with Crippen molar-refractivity contribution in [1.82, 2.24) is 10.2 Å². The molecule has 2 amide bonds. The quantitative estimate of drug-likeness (QED) is 0.462. The molecule has 1 aliphatic rings. The topological polar surface area (TPSA) is 151 Å². The standard InChI is InChI=1S/C21H23N5O6S/c1-14(22-21(28)15-5-3-6-17(13-15)26(29)30)20(27)23-16-8-10-18(11-9-16)33(31,32)24-19-7-4-12-25(19)2/h3,5-6,8-11,13-14H,4,7,12H2,1-2H3,(H,22,28)(H,23,27)/b24-19-. The van der Waals surface area contributed by atoms with Crippen molar-refractivity contribution in [2.45, 2.75) is 30.7 Å². The minimum atomic E-state index is -3.87. The Balaban J connectivity index is 1.62. The number of nitro groups is 1. The van der Waals surface area contributed by atoms with Gasteiger partial charge in [0.05, 0.1) is 9.82 Å². The van der Waals surface area contributed by atoms with Gasteiger partial charge in [-0.3, -0.25) is 19.7 Å². The second-order valence-electron chi connectivity index (χ2n) is 7.52. The summed E-state index contributed by atoms with van der Waals surface area (Å²) in [5, 5.41) is 15.9. The van der Waals surface area contributed by atoms with Gasteiger partial charge in [0.15, 0.2) is 0 Å². The van der Waals surface area contributed by atoms with E-state index in [9.17, 15) is 28.1 Å². The van der Waals surface area contributed by atoms with Crippen LogP contribution in [0, 0.1) is 10.1 Å². The first kappa shape index (κ1) is 23.9. The summed E-state index contributed by atoms with van der Waals surface area (Å²) in [4.78, 5) is 36.8. The van der Waals surface area contributed by atoms with Crippen molar-refractivity contribution < 1.29 is 22.9 Å². The molecular formula is C21H23N5O6S. The van der Waals surface area contributed by atoms with E-state index in [2.05, 4.69) is 15.0 Å². The van der Waals surface area contributed by atoms with Crippen molar-refractivity contribution in [2.75, 3.05) is 18.9 Å². The predicted molar refractivity (Wildman–Crippen MR) is 122 cm³/mol. The fraction of sp³-hybridized carbons (Fsp3) is 0.286. The third-order valence-corrected chi connectivity index (χ3v) is 6.36. The van der Waals surface area contributed by atoms with Gasteiger partial charge in [0.1, 0.15) is 11.9 Å². The van der Waals surface area contributed by atoms with Crippen LogP contribution in [0.4, 0.5) is 11.4 Å². The van der Waals surface area contributed by atoms with Gasteiger partial charge < -0.3 is 15.5 Å². The van der Waals surface area contributed by atoms with Crippen LogP contribution in [0.25, 0.3) is 0 Å². The maximum absolute atomic E-state index is 12.5. The lowest BCUT2D eigenvalue weighted by Crippen LogP contribution is -2.41. The second kappa shape index (κ2) is 9.77. The molecule has 174 valence electrons. The lowest BCUT2D eigenvalue weighted by molar-refractivity contribution is -0.384. The van der Waals surface area contributed by atoms with E-state index in [0.717, 1.165) is 19.0 Å². The number of hydrogen-bond donors (Lipinski definition) is 2. The lowest BCUT2D eigenvalue weighted by Gasteiger charge is -2.14.